The average molecular weight is 1370 g/mol. The number of rotatable bonds is 7. The molecular formula is C58H61N13O15S6. The van der Waals surface area contributed by atoms with Crippen molar-refractivity contribution < 1.29 is 72.6 Å². The fraction of sp³-hybridized carbons (Fsp3) is 0.414. The summed E-state index contributed by atoms with van der Waals surface area (Å²) in [5, 5.41) is 54.9. The number of aromatic nitrogens is 5. The van der Waals surface area contributed by atoms with Crippen molar-refractivity contribution in [3.05, 3.63) is 101 Å². The van der Waals surface area contributed by atoms with Gasteiger partial charge in [-0.2, -0.15) is 0 Å². The fourth-order valence-electron chi connectivity index (χ4n) is 11.7. The highest BCUT2D eigenvalue weighted by molar-refractivity contribution is 8.14. The Labute approximate surface area is 548 Å². The van der Waals surface area contributed by atoms with Crippen LogP contribution in [0.4, 0.5) is 0 Å². The van der Waals surface area contributed by atoms with E-state index < -0.39 is 113 Å². The first-order chi connectivity index (χ1) is 43.9. The Morgan fingerprint density at radius 2 is 1.65 bits per heavy atom. The molecule has 1 aromatic carbocycles. The fourth-order valence-corrected chi connectivity index (χ4v) is 17.3. The first-order valence-electron chi connectivity index (χ1n) is 28.6. The minimum Gasteiger partial charge on any atom is -0.506 e. The third kappa shape index (κ3) is 12.8. The summed E-state index contributed by atoms with van der Waals surface area (Å²) < 4.78 is 31.8. The summed E-state index contributed by atoms with van der Waals surface area (Å²) in [4.78, 5) is 130. The summed E-state index contributed by atoms with van der Waals surface area (Å²) >= 11 is 6.14. The number of methoxy groups -OCH3 is 1. The number of ether oxygens (including phenoxy) is 5. The Morgan fingerprint density at radius 3 is 2.37 bits per heavy atom. The molecule has 0 spiro atoms. The third-order valence-corrected chi connectivity index (χ3v) is 21.8. The van der Waals surface area contributed by atoms with Crippen LogP contribution in [0.25, 0.3) is 38.6 Å². The van der Waals surface area contributed by atoms with Crippen LogP contribution >= 0.6 is 69.3 Å². The minimum absolute atomic E-state index is 0.000845. The van der Waals surface area contributed by atoms with Crippen molar-refractivity contribution in [2.45, 2.75) is 119 Å². The number of aromatic amines is 1. The van der Waals surface area contributed by atoms with Gasteiger partial charge in [-0.05, 0) is 59.5 Å². The Bertz CT molecular complexity index is 4080. The highest BCUT2D eigenvalue weighted by Gasteiger charge is 2.51. The van der Waals surface area contributed by atoms with Gasteiger partial charge in [0.05, 0.1) is 54.3 Å². The predicted molar refractivity (Wildman–Crippen MR) is 343 cm³/mol. The number of primary amides is 1. The lowest BCUT2D eigenvalue weighted by molar-refractivity contribution is -0.279. The Hall–Kier alpha value is -7.35. The Morgan fingerprint density at radius 1 is 0.913 bits per heavy atom. The van der Waals surface area contributed by atoms with Crippen molar-refractivity contribution in [2.24, 2.45) is 10.7 Å². The quantitative estimate of drug-likeness (QED) is 0.0803. The largest absolute Gasteiger partial charge is 0.506 e. The number of aliphatic hydroxyl groups is 2. The number of fused-ring (bicyclic) bond motifs is 15. The van der Waals surface area contributed by atoms with E-state index in [4.69, 9.17) is 44.4 Å². The van der Waals surface area contributed by atoms with E-state index in [1.54, 1.807) is 51.5 Å². The van der Waals surface area contributed by atoms with E-state index >= 15 is 14.4 Å². The summed E-state index contributed by atoms with van der Waals surface area (Å²) in [6.45, 7) is 5.50. The van der Waals surface area contributed by atoms with E-state index in [-0.39, 0.29) is 109 Å². The van der Waals surface area contributed by atoms with Crippen LogP contribution in [0.3, 0.4) is 0 Å². The van der Waals surface area contributed by atoms with Crippen molar-refractivity contribution in [1.29, 1.82) is 0 Å². The minimum atomic E-state index is -1.79. The Balaban J connectivity index is 1.03. The van der Waals surface area contributed by atoms with Gasteiger partial charge in [-0.25, -0.2) is 24.7 Å². The number of thiazole rings is 3. The number of thioether (sulfide) groups is 3. The molecule has 12 bridgehead atoms. The molecule has 0 radical (unpaired) electrons. The van der Waals surface area contributed by atoms with Gasteiger partial charge in [0.2, 0.25) is 16.9 Å². The van der Waals surface area contributed by atoms with Crippen LogP contribution in [0.15, 0.2) is 62.3 Å². The molecule has 28 nitrogen and oxygen atoms in total. The van der Waals surface area contributed by atoms with Crippen molar-refractivity contribution >= 4 is 132 Å². The third-order valence-electron chi connectivity index (χ3n) is 16.1. The molecule has 92 heavy (non-hydrogen) atoms. The number of nitrogens with two attached hydrogens (primary N) is 1. The van der Waals surface area contributed by atoms with Crippen LogP contribution < -0.4 is 32.3 Å². The number of likely N-dealkylation sites (N-methyl/N-ethyl adjacent to an activating group) is 1. The molecule has 6 aliphatic heterocycles. The van der Waals surface area contributed by atoms with Crippen LogP contribution in [0.5, 0.6) is 5.75 Å². The molecule has 484 valence electrons. The smallest absolute Gasteiger partial charge is 0.338 e. The van der Waals surface area contributed by atoms with Crippen molar-refractivity contribution in [3.63, 3.8) is 0 Å². The number of carbonyl (C=O) groups is 7. The zero-order valence-electron chi connectivity index (χ0n) is 50.0. The van der Waals surface area contributed by atoms with Crippen molar-refractivity contribution in [3.8, 4) is 27.7 Å². The summed E-state index contributed by atoms with van der Waals surface area (Å²) in [5.41, 5.74) is 5.91. The second-order valence-electron chi connectivity index (χ2n) is 22.7. The molecule has 11 heterocycles. The number of nitrogens with one attached hydrogen (secondary N) is 6. The molecule has 12 atom stereocenters. The Kier molecular flexibility index (Phi) is 18.4. The van der Waals surface area contributed by atoms with E-state index in [0.29, 0.717) is 27.0 Å². The van der Waals surface area contributed by atoms with Crippen LogP contribution in [0.1, 0.15) is 104 Å². The molecule has 1 fully saturated rings. The molecule has 6 aliphatic rings. The van der Waals surface area contributed by atoms with Crippen LogP contribution in [-0.4, -0.2) is 184 Å². The topological polar surface area (TPSA) is 395 Å². The van der Waals surface area contributed by atoms with Crippen LogP contribution in [0, 0.1) is 0 Å². The average Bonchev–Trinajstić information content (AvgIpc) is 1.43. The number of carbonyl (C=O) groups excluding carboxylic acids is 7. The maximum Gasteiger partial charge on any atom is 0.338 e. The van der Waals surface area contributed by atoms with E-state index in [2.05, 4.69) is 41.5 Å². The number of hydrogen-bond acceptors (Lipinski definition) is 28. The molecule has 12 rings (SSSR count). The molecule has 0 aliphatic carbocycles. The van der Waals surface area contributed by atoms with Crippen molar-refractivity contribution in [2.75, 3.05) is 32.7 Å². The predicted octanol–water partition coefficient (Wildman–Crippen LogP) is 3.78. The lowest BCUT2D eigenvalue weighted by Gasteiger charge is -2.48. The molecule has 11 N–H and O–H groups in total. The number of esters is 1. The molecular weight excluding hydrogens is 1310 g/mol. The lowest BCUT2D eigenvalue weighted by atomic mass is 9.85. The first kappa shape index (κ1) is 64.7. The maximum absolute atomic E-state index is 15.2. The molecule has 1 saturated heterocycles. The standard InChI is InChI=1S/C58H61N13O15S6/c1-21(72)37-50(78)69-38(22(2)82-7)53-65-32(19-90-53)49(77)70-42-43-44(86-35-12-58(4,81)45(71(5)6)23(3)85-35)56(79)84-13-24-9-8-10-27-36(24)26(14-83-43)40(60-27)57(80)92-20-33(61-47(75)30-18-91-55(42)66-30)52-62-28(15-88-52)39-25(51-64-31(17-87-51)48(76)68-37)11-34(73)41(67-39)54-63-29(16-89-54)46(59)74/h8-11,15-17,19,21,23,30,33,35,37,42-45,54,60,63,72-73,81H,12-14,18,20H2,1-7H3,(H2,59,74)(H,61,75)(H,68,76)(H,69,78)(H,70,77)/b38-22+/t21-,23+,30?,33+,35+,37+,42?,43+,44-,45-,54?,58+/m1/s1. The zero-order chi connectivity index (χ0) is 65.2. The highest BCUT2D eigenvalue weighted by atomic mass is 32.2. The van der Waals surface area contributed by atoms with Crippen molar-refractivity contribution in [1.82, 2.24) is 56.4 Å². The van der Waals surface area contributed by atoms with Gasteiger partial charge >= 0.3 is 5.97 Å². The molecule has 3 unspecified atom stereocenters. The molecule has 5 aromatic heterocycles. The van der Waals surface area contributed by atoms with E-state index in [0.717, 1.165) is 69.3 Å². The number of aliphatic hydroxyl groups excluding tert-OH is 1. The normalized spacial score (nSPS) is 28.2. The van der Waals surface area contributed by atoms with Gasteiger partial charge in [0.15, 0.2) is 12.4 Å². The number of hydrogen-bond donors (Lipinski definition) is 10. The van der Waals surface area contributed by atoms with Crippen LogP contribution in [-0.2, 0) is 56.1 Å². The van der Waals surface area contributed by atoms with E-state index in [1.807, 2.05) is 4.90 Å². The maximum atomic E-state index is 15.2. The number of cyclic esters (lactones) is 1. The van der Waals surface area contributed by atoms with Gasteiger partial charge in [-0.1, -0.05) is 23.9 Å². The zero-order valence-corrected chi connectivity index (χ0v) is 54.9. The van der Waals surface area contributed by atoms with E-state index in [1.165, 1.54) is 43.2 Å². The monoisotopic (exact) mass is 1370 g/mol. The second-order valence-corrected chi connectivity index (χ2v) is 28.3. The van der Waals surface area contributed by atoms with E-state index in [9.17, 15) is 34.5 Å². The highest BCUT2D eigenvalue weighted by Crippen LogP contribution is 2.44. The summed E-state index contributed by atoms with van der Waals surface area (Å²) in [5.74, 6) is -5.28. The molecule has 6 aromatic rings. The van der Waals surface area contributed by atoms with Gasteiger partial charge in [0.25, 0.3) is 17.7 Å². The SMILES string of the molecule is CO/C(C)=C1/NC(=O)[C@H]([C@@H](C)O)NC(=O)c2csc(n2)-c2cc(O)c(C3NC(C(N)=O)=CS3)nc2-c2csc(n2)[C@@H]2CSC(=O)c3[nH]c4cccc5c4c3CO[C@@H](C(NC(=O)c3csc1n3)C1=NC(CS1)C(=O)N2)[C@@H](O[C@H]1C[C@](C)(O)[C@H](N(C)C)[C@H](C)O1)C(=O)OC5. The number of aliphatic imine (C=N–C) groups is 1. The first-order valence-corrected chi connectivity index (χ1v) is 34.2. The molecule has 0 saturated carbocycles. The summed E-state index contributed by atoms with van der Waals surface area (Å²) in [6.07, 6.45) is -6.98. The lowest BCUT2D eigenvalue weighted by Crippen LogP contribution is -2.62. The number of amides is 5. The molecule has 34 heteroatoms. The number of allylic oxidation sites excluding steroid dienone is 1. The van der Waals surface area contributed by atoms with Gasteiger partial charge in [-0.15, -0.1) is 57.5 Å². The number of nitrogens with zero attached hydrogens (tertiary/aromatic N) is 6. The summed E-state index contributed by atoms with van der Waals surface area (Å²) in [7, 11) is 4.94. The number of aromatic hydroxyl groups is 1. The number of benzene rings is 1. The number of H-pyrrole nitrogens is 1. The van der Waals surface area contributed by atoms with Gasteiger partial charge in [0, 0.05) is 61.5 Å². The number of pyridine rings is 1. The van der Waals surface area contributed by atoms with Gasteiger partial charge in [0.1, 0.15) is 103 Å². The summed E-state index contributed by atoms with van der Waals surface area (Å²) in [6, 6.07) is 0.810. The second kappa shape index (κ2) is 26.2. The molecule has 5 amide bonds. The van der Waals surface area contributed by atoms with Gasteiger partial charge in [-0.3, -0.25) is 33.8 Å². The van der Waals surface area contributed by atoms with Crippen LogP contribution in [0.2, 0.25) is 0 Å². The van der Waals surface area contributed by atoms with Gasteiger partial charge < -0.3 is 81.2 Å².